The Bertz CT molecular complexity index is 641. The van der Waals surface area contributed by atoms with Crippen molar-refractivity contribution in [3.8, 4) is 5.75 Å². The monoisotopic (exact) mass is 361 g/mol. The lowest BCUT2D eigenvalue weighted by Gasteiger charge is -2.18. The summed E-state index contributed by atoms with van der Waals surface area (Å²) >= 11 is 0. The van der Waals surface area contributed by atoms with Crippen molar-refractivity contribution in [3.05, 3.63) is 36.9 Å². The average Bonchev–Trinajstić information content (AvgIpc) is 3.16. The van der Waals surface area contributed by atoms with Crippen molar-refractivity contribution in [3.63, 3.8) is 0 Å². The summed E-state index contributed by atoms with van der Waals surface area (Å²) in [5.41, 5.74) is 0.765. The molecule has 142 valence electrons. The molecular formula is C19H28FN5O. The fraction of sp³-hybridized carbons (Fsp3) is 0.474. The molecule has 2 rings (SSSR count). The molecule has 0 spiro atoms. The molecule has 0 saturated carbocycles. The Kier molecular flexibility index (Phi) is 8.08. The zero-order valence-electron chi connectivity index (χ0n) is 15.5. The molecule has 1 unspecified atom stereocenters. The van der Waals surface area contributed by atoms with Crippen LogP contribution in [0.5, 0.6) is 5.75 Å². The van der Waals surface area contributed by atoms with Crippen molar-refractivity contribution in [2.75, 3.05) is 45.7 Å². The Hall–Kier alpha value is -2.41. The van der Waals surface area contributed by atoms with Crippen LogP contribution in [0.3, 0.4) is 0 Å². The van der Waals surface area contributed by atoms with Crippen LogP contribution in [0.1, 0.15) is 12.8 Å². The summed E-state index contributed by atoms with van der Waals surface area (Å²) in [7, 11) is 3.41. The molecule has 0 radical (unpaired) electrons. The normalized spacial score (nSPS) is 17.0. The maximum Gasteiger partial charge on any atom is 0.224 e. The second kappa shape index (κ2) is 10.6. The van der Waals surface area contributed by atoms with Crippen molar-refractivity contribution in [1.82, 2.24) is 10.2 Å². The highest BCUT2D eigenvalue weighted by molar-refractivity contribution is 6.06. The van der Waals surface area contributed by atoms with Gasteiger partial charge in [-0.1, -0.05) is 12.6 Å². The van der Waals surface area contributed by atoms with Crippen LogP contribution in [0.4, 0.5) is 10.1 Å². The highest BCUT2D eigenvalue weighted by Gasteiger charge is 2.17. The van der Waals surface area contributed by atoms with E-state index >= 15 is 0 Å². The van der Waals surface area contributed by atoms with Gasteiger partial charge in [0.05, 0.1) is 0 Å². The van der Waals surface area contributed by atoms with Crippen LogP contribution in [0.2, 0.25) is 0 Å². The molecular weight excluding hydrogens is 333 g/mol. The largest absolute Gasteiger partial charge is 0.490 e. The van der Waals surface area contributed by atoms with Gasteiger partial charge in [-0.2, -0.15) is 4.99 Å². The van der Waals surface area contributed by atoms with Gasteiger partial charge in [0.1, 0.15) is 24.4 Å². The number of nitrogens with one attached hydrogen (secondary N) is 2. The first-order valence-corrected chi connectivity index (χ1v) is 8.86. The molecule has 1 aliphatic heterocycles. The van der Waals surface area contributed by atoms with E-state index in [1.165, 1.54) is 0 Å². The summed E-state index contributed by atoms with van der Waals surface area (Å²) in [6, 6.07) is 7.32. The van der Waals surface area contributed by atoms with E-state index in [4.69, 9.17) is 4.74 Å². The SMILES string of the molecule is C=C/C(=N\C(=N/C)Nc1cccc(OCC(F)CN2CCCC2)c1)NC. The predicted molar refractivity (Wildman–Crippen MR) is 106 cm³/mol. The van der Waals surface area contributed by atoms with E-state index in [1.807, 2.05) is 18.2 Å². The first kappa shape index (κ1) is 19.9. The minimum Gasteiger partial charge on any atom is -0.490 e. The highest BCUT2D eigenvalue weighted by atomic mass is 19.1. The standard InChI is InChI=1S/C19H28FN5O/c1-4-18(21-2)24-19(22-3)23-16-8-7-9-17(12-16)26-14-15(20)13-25-10-5-6-11-25/h4,7-9,12,15H,1,5-6,10-11,13-14H2,2-3H3,(H2,21,22,23,24). The third-order valence-corrected chi connectivity index (χ3v) is 4.06. The molecule has 1 aromatic rings. The van der Waals surface area contributed by atoms with Crippen molar-refractivity contribution >= 4 is 17.5 Å². The number of hydrogen-bond acceptors (Lipinski definition) is 3. The Labute approximate surface area is 154 Å². The number of likely N-dealkylation sites (tertiary alicyclic amines) is 1. The van der Waals surface area contributed by atoms with Gasteiger partial charge in [0.25, 0.3) is 0 Å². The number of rotatable bonds is 7. The summed E-state index contributed by atoms with van der Waals surface area (Å²) < 4.78 is 19.7. The minimum absolute atomic E-state index is 0.0488. The molecule has 2 N–H and O–H groups in total. The van der Waals surface area contributed by atoms with Gasteiger partial charge in [-0.3, -0.25) is 4.99 Å². The molecule has 0 amide bonds. The number of benzene rings is 1. The summed E-state index contributed by atoms with van der Waals surface area (Å²) in [5, 5.41) is 6.02. The van der Waals surface area contributed by atoms with E-state index in [0.717, 1.165) is 31.6 Å². The van der Waals surface area contributed by atoms with Crippen LogP contribution in [0.25, 0.3) is 0 Å². The molecule has 1 aromatic carbocycles. The third-order valence-electron chi connectivity index (χ3n) is 4.06. The fourth-order valence-corrected chi connectivity index (χ4v) is 2.73. The number of anilines is 1. The van der Waals surface area contributed by atoms with Gasteiger partial charge in [-0.15, -0.1) is 0 Å². The van der Waals surface area contributed by atoms with Crippen LogP contribution in [0, 0.1) is 0 Å². The number of likely N-dealkylation sites (N-methyl/N-ethyl adjacent to an activating group) is 1. The van der Waals surface area contributed by atoms with E-state index in [0.29, 0.717) is 24.1 Å². The molecule has 1 aliphatic rings. The first-order valence-electron chi connectivity index (χ1n) is 8.86. The number of hydrogen-bond donors (Lipinski definition) is 2. The lowest BCUT2D eigenvalue weighted by atomic mass is 10.3. The van der Waals surface area contributed by atoms with Crippen LogP contribution >= 0.6 is 0 Å². The maximum absolute atomic E-state index is 14.1. The number of aliphatic imine (C=N–C) groups is 2. The summed E-state index contributed by atoms with van der Waals surface area (Å²) in [4.78, 5) is 10.6. The molecule has 1 atom stereocenters. The number of halogens is 1. The lowest BCUT2D eigenvalue weighted by molar-refractivity contribution is 0.150. The van der Waals surface area contributed by atoms with Gasteiger partial charge in [0.15, 0.2) is 0 Å². The average molecular weight is 361 g/mol. The van der Waals surface area contributed by atoms with Crippen molar-refractivity contribution in [2.45, 2.75) is 19.0 Å². The van der Waals surface area contributed by atoms with E-state index in [2.05, 4.69) is 32.1 Å². The minimum atomic E-state index is -0.993. The molecule has 6 nitrogen and oxygen atoms in total. The zero-order chi connectivity index (χ0) is 18.8. The number of alkyl halides is 1. The van der Waals surface area contributed by atoms with E-state index in [9.17, 15) is 4.39 Å². The van der Waals surface area contributed by atoms with E-state index in [1.54, 1.807) is 26.2 Å². The fourth-order valence-electron chi connectivity index (χ4n) is 2.73. The van der Waals surface area contributed by atoms with Gasteiger partial charge >= 0.3 is 0 Å². The zero-order valence-corrected chi connectivity index (χ0v) is 15.5. The number of guanidine groups is 1. The Morgan fingerprint density at radius 1 is 1.42 bits per heavy atom. The maximum atomic E-state index is 14.1. The van der Waals surface area contributed by atoms with Crippen LogP contribution < -0.4 is 15.4 Å². The predicted octanol–water partition coefficient (Wildman–Crippen LogP) is 2.70. The molecule has 0 aliphatic carbocycles. The number of nitrogens with zero attached hydrogens (tertiary/aromatic N) is 3. The molecule has 1 heterocycles. The molecule has 1 saturated heterocycles. The quantitative estimate of drug-likeness (QED) is 0.579. The van der Waals surface area contributed by atoms with Crippen molar-refractivity contribution < 1.29 is 9.13 Å². The molecule has 0 bridgehead atoms. The summed E-state index contributed by atoms with van der Waals surface area (Å²) in [6.07, 6.45) is 2.93. The van der Waals surface area contributed by atoms with Gasteiger partial charge < -0.3 is 20.3 Å². The van der Waals surface area contributed by atoms with Gasteiger partial charge in [-0.25, -0.2) is 4.39 Å². The van der Waals surface area contributed by atoms with Crippen LogP contribution in [0.15, 0.2) is 46.9 Å². The second-order valence-electron chi connectivity index (χ2n) is 6.07. The van der Waals surface area contributed by atoms with E-state index < -0.39 is 6.17 Å². The van der Waals surface area contributed by atoms with Crippen molar-refractivity contribution in [2.24, 2.45) is 9.98 Å². The van der Waals surface area contributed by atoms with Gasteiger partial charge in [0, 0.05) is 32.4 Å². The highest BCUT2D eigenvalue weighted by Crippen LogP contribution is 2.18. The first-order chi connectivity index (χ1) is 12.6. The van der Waals surface area contributed by atoms with Crippen LogP contribution in [-0.2, 0) is 0 Å². The Morgan fingerprint density at radius 3 is 2.85 bits per heavy atom. The van der Waals surface area contributed by atoms with E-state index in [-0.39, 0.29) is 6.61 Å². The van der Waals surface area contributed by atoms with Crippen LogP contribution in [-0.4, -0.2) is 63.2 Å². The topological polar surface area (TPSA) is 61.3 Å². The molecule has 0 aromatic heterocycles. The summed E-state index contributed by atoms with van der Waals surface area (Å²) in [5.74, 6) is 1.65. The van der Waals surface area contributed by atoms with Gasteiger partial charge in [-0.05, 0) is 44.1 Å². The smallest absolute Gasteiger partial charge is 0.224 e. The Balaban J connectivity index is 1.90. The molecule has 26 heavy (non-hydrogen) atoms. The Morgan fingerprint density at radius 2 is 2.19 bits per heavy atom. The van der Waals surface area contributed by atoms with Crippen molar-refractivity contribution in [1.29, 1.82) is 0 Å². The lowest BCUT2D eigenvalue weighted by Crippen LogP contribution is -2.31. The summed E-state index contributed by atoms with van der Waals surface area (Å²) in [6.45, 7) is 6.14. The number of amidine groups is 1. The molecule has 7 heteroatoms. The number of ether oxygens (including phenoxy) is 1. The molecule has 1 fully saturated rings. The second-order valence-corrected chi connectivity index (χ2v) is 6.07. The van der Waals surface area contributed by atoms with Gasteiger partial charge in [0.2, 0.25) is 5.96 Å². The third kappa shape index (κ3) is 6.48.